The third-order valence-corrected chi connectivity index (χ3v) is 6.78. The van der Waals surface area contributed by atoms with Gasteiger partial charge in [0, 0.05) is 12.1 Å². The van der Waals surface area contributed by atoms with Crippen molar-refractivity contribution in [3.05, 3.63) is 32.6 Å². The van der Waals surface area contributed by atoms with Crippen LogP contribution in [0.4, 0.5) is 0 Å². The molecule has 3 aromatic heterocycles. The molecule has 0 amide bonds. The van der Waals surface area contributed by atoms with Crippen LogP contribution in [-0.4, -0.2) is 26.1 Å². The summed E-state index contributed by atoms with van der Waals surface area (Å²) < 4.78 is 2.90. The van der Waals surface area contributed by atoms with Gasteiger partial charge in [-0.25, -0.2) is 14.5 Å². The molecule has 0 unspecified atom stereocenters. The Hall–Kier alpha value is -1.31. The van der Waals surface area contributed by atoms with Crippen LogP contribution in [0.2, 0.25) is 0 Å². The number of nitrogens with zero attached hydrogens (tertiary/aromatic N) is 4. The predicted molar refractivity (Wildman–Crippen MR) is 117 cm³/mol. The Morgan fingerprint density at radius 1 is 1.19 bits per heavy atom. The summed E-state index contributed by atoms with van der Waals surface area (Å²) in [6, 6.07) is 2.20. The predicted octanol–water partition coefficient (Wildman–Crippen LogP) is 5.64. The van der Waals surface area contributed by atoms with Gasteiger partial charge in [-0.3, -0.25) is 0 Å². The zero-order valence-electron chi connectivity index (χ0n) is 16.8. The van der Waals surface area contributed by atoms with E-state index in [1.807, 2.05) is 4.52 Å². The average molecular weight is 450 g/mol. The summed E-state index contributed by atoms with van der Waals surface area (Å²) in [5.41, 5.74) is 5.35. The molecule has 0 bridgehead atoms. The van der Waals surface area contributed by atoms with Crippen LogP contribution in [0.25, 0.3) is 16.2 Å². The van der Waals surface area contributed by atoms with Gasteiger partial charge in [0.05, 0.1) is 16.3 Å². The van der Waals surface area contributed by atoms with Crippen molar-refractivity contribution in [2.75, 3.05) is 6.54 Å². The Morgan fingerprint density at radius 3 is 2.59 bits per heavy atom. The fourth-order valence-corrected chi connectivity index (χ4v) is 5.27. The number of rotatable bonds is 8. The number of hydrogen-bond acceptors (Lipinski definition) is 5. The van der Waals surface area contributed by atoms with Gasteiger partial charge in [-0.05, 0) is 67.6 Å². The van der Waals surface area contributed by atoms with E-state index in [2.05, 4.69) is 61.9 Å². The van der Waals surface area contributed by atoms with Gasteiger partial charge >= 0.3 is 0 Å². The Morgan fingerprint density at radius 2 is 1.93 bits per heavy atom. The monoisotopic (exact) mass is 449 g/mol. The highest BCUT2D eigenvalue weighted by Crippen LogP contribution is 2.37. The van der Waals surface area contributed by atoms with E-state index in [-0.39, 0.29) is 0 Å². The number of hydrogen-bond donors (Lipinski definition) is 1. The van der Waals surface area contributed by atoms with Crippen LogP contribution in [0.5, 0.6) is 0 Å². The summed E-state index contributed by atoms with van der Waals surface area (Å²) in [7, 11) is 0. The lowest BCUT2D eigenvalue weighted by Crippen LogP contribution is -2.13. The van der Waals surface area contributed by atoms with E-state index in [0.717, 1.165) is 69.6 Å². The summed E-state index contributed by atoms with van der Waals surface area (Å²) >= 11 is 5.37. The van der Waals surface area contributed by atoms with Crippen molar-refractivity contribution >= 4 is 32.9 Å². The molecule has 5 nitrogen and oxygen atoms in total. The molecule has 0 aromatic carbocycles. The van der Waals surface area contributed by atoms with Gasteiger partial charge in [0.2, 0.25) is 0 Å². The van der Waals surface area contributed by atoms with Crippen molar-refractivity contribution in [1.82, 2.24) is 24.9 Å². The van der Waals surface area contributed by atoms with Crippen molar-refractivity contribution in [1.29, 1.82) is 0 Å². The molecule has 0 atom stereocenters. The summed E-state index contributed by atoms with van der Waals surface area (Å²) in [5.74, 6) is 0.502. The lowest BCUT2D eigenvalue weighted by Gasteiger charge is -2.14. The van der Waals surface area contributed by atoms with Crippen LogP contribution in [0.3, 0.4) is 0 Å². The topological polar surface area (TPSA) is 55.1 Å². The fourth-order valence-electron chi connectivity index (χ4n) is 3.50. The maximum absolute atomic E-state index is 4.92. The summed E-state index contributed by atoms with van der Waals surface area (Å²) in [6.07, 6.45) is 3.33. The molecule has 0 fully saturated rings. The van der Waals surface area contributed by atoms with E-state index in [1.54, 1.807) is 11.3 Å². The molecule has 0 aliphatic carbocycles. The molecule has 0 aliphatic heterocycles. The van der Waals surface area contributed by atoms with Gasteiger partial charge in [-0.1, -0.05) is 20.8 Å². The van der Waals surface area contributed by atoms with E-state index < -0.39 is 0 Å². The van der Waals surface area contributed by atoms with Gasteiger partial charge in [-0.2, -0.15) is 5.10 Å². The molecule has 27 heavy (non-hydrogen) atoms. The number of halogens is 1. The van der Waals surface area contributed by atoms with E-state index in [1.165, 1.54) is 5.56 Å². The number of thiazole rings is 1. The molecule has 146 valence electrons. The first kappa shape index (κ1) is 20.4. The number of aromatic nitrogens is 4. The lowest BCUT2D eigenvalue weighted by atomic mass is 9.95. The van der Waals surface area contributed by atoms with E-state index in [0.29, 0.717) is 5.92 Å². The zero-order chi connectivity index (χ0) is 19.6. The van der Waals surface area contributed by atoms with Crippen molar-refractivity contribution < 1.29 is 0 Å². The highest BCUT2D eigenvalue weighted by Gasteiger charge is 2.22. The van der Waals surface area contributed by atoms with Crippen molar-refractivity contribution in [2.24, 2.45) is 0 Å². The maximum Gasteiger partial charge on any atom is 0.158 e. The Bertz CT molecular complexity index is 926. The molecule has 7 heteroatoms. The molecular formula is C20H28BrN5S. The number of fused-ring (bicyclic) bond motifs is 1. The quantitative estimate of drug-likeness (QED) is 0.452. The minimum Gasteiger partial charge on any atom is -0.310 e. The Labute approximate surface area is 173 Å². The van der Waals surface area contributed by atoms with Gasteiger partial charge in [0.15, 0.2) is 5.65 Å². The highest BCUT2D eigenvalue weighted by atomic mass is 79.9. The van der Waals surface area contributed by atoms with Crippen molar-refractivity contribution in [3.63, 3.8) is 0 Å². The molecule has 0 radical (unpaired) electrons. The number of imidazole rings is 1. The Balaban J connectivity index is 2.12. The minimum atomic E-state index is 0.502. The van der Waals surface area contributed by atoms with Gasteiger partial charge in [0.1, 0.15) is 15.3 Å². The minimum absolute atomic E-state index is 0.502. The van der Waals surface area contributed by atoms with E-state index >= 15 is 0 Å². The normalized spacial score (nSPS) is 11.8. The molecule has 3 aromatic rings. The summed E-state index contributed by atoms with van der Waals surface area (Å²) in [4.78, 5) is 10.7. The molecule has 3 rings (SSSR count). The van der Waals surface area contributed by atoms with E-state index in [9.17, 15) is 0 Å². The van der Waals surface area contributed by atoms with Crippen LogP contribution < -0.4 is 5.32 Å². The van der Waals surface area contributed by atoms with Crippen LogP contribution in [0, 0.1) is 13.8 Å². The van der Waals surface area contributed by atoms with Crippen molar-refractivity contribution in [2.45, 2.75) is 66.3 Å². The maximum atomic E-state index is 4.92. The molecule has 0 aliphatic rings. The molecule has 0 saturated carbocycles. The zero-order valence-corrected chi connectivity index (χ0v) is 19.2. The first-order valence-corrected chi connectivity index (χ1v) is 11.3. The van der Waals surface area contributed by atoms with Crippen LogP contribution >= 0.6 is 27.3 Å². The average Bonchev–Trinajstić information content (AvgIpc) is 3.15. The summed E-state index contributed by atoms with van der Waals surface area (Å²) in [6.45, 7) is 12.6. The lowest BCUT2D eigenvalue weighted by molar-refractivity contribution is 0.638. The SMILES string of the molecule is CCCNCc1nc(Br)c(-c2c(C)nc3c(C(CC)CC)cc(C)nn23)s1. The van der Waals surface area contributed by atoms with Crippen molar-refractivity contribution in [3.8, 4) is 10.6 Å². The third-order valence-electron chi connectivity index (χ3n) is 4.88. The standard InChI is InChI=1S/C20H28BrN5S/c1-6-9-22-11-16-24-19(21)18(27-16)17-13(5)23-20-15(14(7-2)8-3)10-12(4)25-26(17)20/h10,14,22H,6-9,11H2,1-5H3. The second kappa shape index (κ2) is 8.80. The van der Waals surface area contributed by atoms with Gasteiger partial charge in [0.25, 0.3) is 0 Å². The van der Waals surface area contributed by atoms with Gasteiger partial charge < -0.3 is 5.32 Å². The largest absolute Gasteiger partial charge is 0.310 e. The van der Waals surface area contributed by atoms with Gasteiger partial charge in [-0.15, -0.1) is 11.3 Å². The Kier molecular flexibility index (Phi) is 6.65. The second-order valence-electron chi connectivity index (χ2n) is 6.94. The highest BCUT2D eigenvalue weighted by molar-refractivity contribution is 9.10. The first-order chi connectivity index (χ1) is 13.0. The van der Waals surface area contributed by atoms with Crippen LogP contribution in [-0.2, 0) is 6.54 Å². The van der Waals surface area contributed by atoms with Crippen LogP contribution in [0.15, 0.2) is 10.7 Å². The fraction of sp³-hybridized carbons (Fsp3) is 0.550. The summed E-state index contributed by atoms with van der Waals surface area (Å²) in [5, 5.41) is 9.31. The second-order valence-corrected chi connectivity index (χ2v) is 8.77. The van der Waals surface area contributed by atoms with Crippen LogP contribution in [0.1, 0.15) is 67.9 Å². The molecule has 1 N–H and O–H groups in total. The smallest absolute Gasteiger partial charge is 0.158 e. The molecule has 0 spiro atoms. The third kappa shape index (κ3) is 4.10. The molecule has 0 saturated heterocycles. The number of aryl methyl sites for hydroxylation is 2. The first-order valence-electron chi connectivity index (χ1n) is 9.73. The molecule has 3 heterocycles. The number of nitrogens with one attached hydrogen (secondary N) is 1. The van der Waals surface area contributed by atoms with E-state index in [4.69, 9.17) is 15.1 Å². The molecular weight excluding hydrogens is 422 g/mol.